The highest BCUT2D eigenvalue weighted by atomic mass is 19.1. The number of pyridine rings is 1. The molecule has 80 valence electrons. The van der Waals surface area contributed by atoms with Crippen molar-refractivity contribution in [2.45, 2.75) is 6.92 Å². The van der Waals surface area contributed by atoms with Crippen molar-refractivity contribution in [2.24, 2.45) is 7.05 Å². The molecular formula is C13H11FN2. The fraction of sp³-hybridized carbons (Fsp3) is 0.154. The number of rotatable bonds is 0. The average Bonchev–Trinajstić information content (AvgIpc) is 2.59. The number of hydrogen-bond donors (Lipinski definition) is 0. The van der Waals surface area contributed by atoms with E-state index in [-0.39, 0.29) is 5.82 Å². The van der Waals surface area contributed by atoms with Crippen LogP contribution >= 0.6 is 0 Å². The van der Waals surface area contributed by atoms with Gasteiger partial charge < -0.3 is 4.57 Å². The van der Waals surface area contributed by atoms with Gasteiger partial charge in [-0.25, -0.2) is 9.37 Å². The largest absolute Gasteiger partial charge is 0.336 e. The summed E-state index contributed by atoms with van der Waals surface area (Å²) in [6.45, 7) is 1.77. The first kappa shape index (κ1) is 9.33. The maximum Gasteiger partial charge on any atom is 0.140 e. The Morgan fingerprint density at radius 1 is 1.31 bits per heavy atom. The minimum Gasteiger partial charge on any atom is -0.336 e. The minimum absolute atomic E-state index is 0.196. The third-order valence-corrected chi connectivity index (χ3v) is 2.94. The molecule has 16 heavy (non-hydrogen) atoms. The monoisotopic (exact) mass is 214 g/mol. The number of hydrogen-bond acceptors (Lipinski definition) is 1. The quantitative estimate of drug-likeness (QED) is 0.562. The first-order valence-corrected chi connectivity index (χ1v) is 5.18. The SMILES string of the molecule is Cc1cc2c3cccn(C)c-3nc2cc1F. The van der Waals surface area contributed by atoms with Gasteiger partial charge in [-0.15, -0.1) is 0 Å². The van der Waals surface area contributed by atoms with Crippen LogP contribution in [0.1, 0.15) is 5.56 Å². The van der Waals surface area contributed by atoms with Crippen LogP contribution in [-0.2, 0) is 7.05 Å². The molecule has 1 aromatic carbocycles. The summed E-state index contributed by atoms with van der Waals surface area (Å²) in [6, 6.07) is 7.36. The zero-order valence-electron chi connectivity index (χ0n) is 9.16. The highest BCUT2D eigenvalue weighted by Gasteiger charge is 2.14. The second-order valence-electron chi connectivity index (χ2n) is 4.09. The molecule has 0 bridgehead atoms. The van der Waals surface area contributed by atoms with Crippen LogP contribution in [0.4, 0.5) is 4.39 Å². The molecule has 0 fully saturated rings. The lowest BCUT2D eigenvalue weighted by molar-refractivity contribution is 0.620. The van der Waals surface area contributed by atoms with Crippen LogP contribution in [0.5, 0.6) is 0 Å². The molecule has 1 aromatic rings. The summed E-state index contributed by atoms with van der Waals surface area (Å²) in [5.41, 5.74) is 2.45. The average molecular weight is 214 g/mol. The zero-order chi connectivity index (χ0) is 11.3. The Labute approximate surface area is 92.7 Å². The third-order valence-electron chi connectivity index (χ3n) is 2.94. The van der Waals surface area contributed by atoms with E-state index >= 15 is 0 Å². The predicted molar refractivity (Wildman–Crippen MR) is 62.0 cm³/mol. The zero-order valence-corrected chi connectivity index (χ0v) is 9.16. The van der Waals surface area contributed by atoms with Gasteiger partial charge in [-0.3, -0.25) is 0 Å². The third kappa shape index (κ3) is 1.14. The number of nitrogens with zero attached hydrogens (tertiary/aromatic N) is 2. The fourth-order valence-corrected chi connectivity index (χ4v) is 2.05. The molecule has 0 spiro atoms. The van der Waals surface area contributed by atoms with Gasteiger partial charge in [0.2, 0.25) is 0 Å². The lowest BCUT2D eigenvalue weighted by atomic mass is 10.1. The van der Waals surface area contributed by atoms with Gasteiger partial charge in [0.25, 0.3) is 0 Å². The maximum absolute atomic E-state index is 13.4. The molecule has 0 atom stereocenters. The van der Waals surface area contributed by atoms with Gasteiger partial charge in [0.05, 0.1) is 5.52 Å². The second kappa shape index (κ2) is 3.04. The van der Waals surface area contributed by atoms with Crippen molar-refractivity contribution in [1.82, 2.24) is 9.55 Å². The van der Waals surface area contributed by atoms with E-state index in [2.05, 4.69) is 4.98 Å². The fourth-order valence-electron chi connectivity index (χ4n) is 2.05. The Kier molecular flexibility index (Phi) is 1.78. The van der Waals surface area contributed by atoms with Crippen molar-refractivity contribution < 1.29 is 4.39 Å². The van der Waals surface area contributed by atoms with Crippen molar-refractivity contribution in [3.05, 3.63) is 41.8 Å². The molecule has 0 saturated heterocycles. The number of aromatic nitrogens is 2. The van der Waals surface area contributed by atoms with E-state index in [0.717, 1.165) is 22.3 Å². The van der Waals surface area contributed by atoms with E-state index < -0.39 is 0 Å². The summed E-state index contributed by atoms with van der Waals surface area (Å²) < 4.78 is 15.4. The summed E-state index contributed by atoms with van der Waals surface area (Å²) in [4.78, 5) is 4.44. The number of fused-ring (bicyclic) bond motifs is 3. The number of halogens is 1. The van der Waals surface area contributed by atoms with Crippen molar-refractivity contribution in [3.8, 4) is 11.4 Å². The van der Waals surface area contributed by atoms with Gasteiger partial charge >= 0.3 is 0 Å². The Hall–Kier alpha value is -1.90. The van der Waals surface area contributed by atoms with Gasteiger partial charge in [-0.1, -0.05) is 0 Å². The Balaban J connectivity index is 2.50. The number of aryl methyl sites for hydroxylation is 2. The second-order valence-corrected chi connectivity index (χ2v) is 4.09. The van der Waals surface area contributed by atoms with Crippen LogP contribution in [0.2, 0.25) is 0 Å². The molecule has 2 aliphatic rings. The van der Waals surface area contributed by atoms with Gasteiger partial charge in [-0.2, -0.15) is 0 Å². The van der Waals surface area contributed by atoms with Crippen LogP contribution in [0.3, 0.4) is 0 Å². The van der Waals surface area contributed by atoms with E-state index in [4.69, 9.17) is 0 Å². The molecule has 0 amide bonds. The molecule has 0 N–H and O–H groups in total. The summed E-state index contributed by atoms with van der Waals surface area (Å²) in [7, 11) is 1.94. The number of benzene rings is 1. The molecule has 3 rings (SSSR count). The van der Waals surface area contributed by atoms with Crippen molar-refractivity contribution in [1.29, 1.82) is 0 Å². The van der Waals surface area contributed by atoms with Crippen molar-refractivity contribution >= 4 is 10.9 Å². The highest BCUT2D eigenvalue weighted by Crippen LogP contribution is 2.31. The lowest BCUT2D eigenvalue weighted by Gasteiger charge is -2.04. The molecule has 0 unspecified atom stereocenters. The van der Waals surface area contributed by atoms with Gasteiger partial charge in [0, 0.05) is 30.3 Å². The van der Waals surface area contributed by atoms with Crippen LogP contribution < -0.4 is 0 Å². The summed E-state index contributed by atoms with van der Waals surface area (Å²) in [5, 5.41) is 1.02. The molecule has 0 radical (unpaired) electrons. The van der Waals surface area contributed by atoms with Gasteiger partial charge in [0.15, 0.2) is 0 Å². The van der Waals surface area contributed by atoms with Crippen molar-refractivity contribution in [3.63, 3.8) is 0 Å². The van der Waals surface area contributed by atoms with Gasteiger partial charge in [0.1, 0.15) is 11.6 Å². The van der Waals surface area contributed by atoms with E-state index in [0.29, 0.717) is 5.56 Å². The van der Waals surface area contributed by atoms with Crippen LogP contribution in [0.15, 0.2) is 30.5 Å². The van der Waals surface area contributed by atoms with Crippen LogP contribution in [-0.4, -0.2) is 9.55 Å². The normalized spacial score (nSPS) is 11.4. The molecule has 0 aliphatic carbocycles. The van der Waals surface area contributed by atoms with E-state index in [1.807, 2.05) is 36.0 Å². The molecule has 2 nitrogen and oxygen atoms in total. The Morgan fingerprint density at radius 2 is 2.12 bits per heavy atom. The molecule has 0 saturated carbocycles. The molecule has 3 heteroatoms. The predicted octanol–water partition coefficient (Wildman–Crippen LogP) is 3.13. The standard InChI is InChI=1S/C13H11FN2/c1-8-6-10-9-4-3-5-16(2)13(9)15-12(10)7-11(8)14/h3-7H,1-2H3. The lowest BCUT2D eigenvalue weighted by Crippen LogP contribution is -1.94. The Bertz CT molecular complexity index is 655. The maximum atomic E-state index is 13.4. The molecular weight excluding hydrogens is 203 g/mol. The molecule has 0 aromatic heterocycles. The van der Waals surface area contributed by atoms with Crippen molar-refractivity contribution in [2.75, 3.05) is 0 Å². The topological polar surface area (TPSA) is 17.8 Å². The van der Waals surface area contributed by atoms with E-state index in [1.165, 1.54) is 6.07 Å². The highest BCUT2D eigenvalue weighted by molar-refractivity contribution is 5.96. The summed E-state index contributed by atoms with van der Waals surface area (Å²) in [6.07, 6.45) is 1.94. The summed E-state index contributed by atoms with van der Waals surface area (Å²) >= 11 is 0. The van der Waals surface area contributed by atoms with E-state index in [1.54, 1.807) is 6.92 Å². The van der Waals surface area contributed by atoms with Crippen LogP contribution in [0.25, 0.3) is 22.3 Å². The van der Waals surface area contributed by atoms with Crippen LogP contribution in [0, 0.1) is 12.7 Å². The minimum atomic E-state index is -0.196. The smallest absolute Gasteiger partial charge is 0.140 e. The first-order valence-electron chi connectivity index (χ1n) is 5.18. The molecule has 2 heterocycles. The molecule has 2 aliphatic heterocycles. The Morgan fingerprint density at radius 3 is 2.94 bits per heavy atom. The first-order chi connectivity index (χ1) is 7.66. The van der Waals surface area contributed by atoms with E-state index in [9.17, 15) is 4.39 Å². The summed E-state index contributed by atoms with van der Waals surface area (Å²) in [5.74, 6) is 0.695. The van der Waals surface area contributed by atoms with Gasteiger partial charge in [-0.05, 0) is 30.7 Å².